The number of fused-ring (bicyclic) bond motifs is 1. The van der Waals surface area contributed by atoms with Crippen LogP contribution in [0.3, 0.4) is 0 Å². The number of hydrogen-bond acceptors (Lipinski definition) is 5. The summed E-state index contributed by atoms with van der Waals surface area (Å²) in [7, 11) is 3.47. The summed E-state index contributed by atoms with van der Waals surface area (Å²) in [6, 6.07) is 9.49. The molecule has 0 amide bonds. The quantitative estimate of drug-likeness (QED) is 0.644. The van der Waals surface area contributed by atoms with Crippen molar-refractivity contribution in [2.75, 3.05) is 20.2 Å². The Morgan fingerprint density at radius 3 is 2.65 bits per heavy atom. The van der Waals surface area contributed by atoms with Gasteiger partial charge in [0.05, 0.1) is 31.3 Å². The van der Waals surface area contributed by atoms with Crippen LogP contribution in [0.5, 0.6) is 5.75 Å². The molecule has 1 aromatic heterocycles. The highest BCUT2D eigenvalue weighted by atomic mass is 16.5. The fraction of sp³-hybridized carbons (Fsp3) is 0.250. The molecule has 156 valence electrons. The van der Waals surface area contributed by atoms with Crippen LogP contribution in [0.2, 0.25) is 0 Å². The zero-order valence-electron chi connectivity index (χ0n) is 17.8. The van der Waals surface area contributed by atoms with Gasteiger partial charge in [0, 0.05) is 41.4 Å². The summed E-state index contributed by atoms with van der Waals surface area (Å²) in [5, 5.41) is 4.47. The van der Waals surface area contributed by atoms with E-state index in [4.69, 9.17) is 17.0 Å². The lowest BCUT2D eigenvalue weighted by molar-refractivity contribution is 0.1000. The van der Waals surface area contributed by atoms with E-state index >= 15 is 0 Å². The number of methoxy groups -OCH3 is 1. The molecule has 0 unspecified atom stereocenters. The maximum absolute atomic E-state index is 12.3. The van der Waals surface area contributed by atoms with E-state index in [-0.39, 0.29) is 18.9 Å². The molecule has 4 rings (SSSR count). The number of ether oxygens (including phenoxy) is 1. The van der Waals surface area contributed by atoms with Crippen LogP contribution in [0.4, 0.5) is 5.69 Å². The molecule has 0 atom stereocenters. The van der Waals surface area contributed by atoms with Crippen molar-refractivity contribution in [3.05, 3.63) is 64.6 Å². The molecule has 0 spiro atoms. The third-order valence-electron chi connectivity index (χ3n) is 5.67. The van der Waals surface area contributed by atoms with Gasteiger partial charge < -0.3 is 10.5 Å². The number of carbonyl (C=O) groups is 1. The van der Waals surface area contributed by atoms with Gasteiger partial charge in [-0.05, 0) is 24.1 Å². The average Bonchev–Trinajstić information content (AvgIpc) is 3.19. The van der Waals surface area contributed by atoms with Crippen molar-refractivity contribution in [3.8, 4) is 28.1 Å². The number of aryl methyl sites for hydroxylation is 1. The van der Waals surface area contributed by atoms with E-state index in [0.29, 0.717) is 23.4 Å². The Hall–Kier alpha value is -3.76. The second-order valence-corrected chi connectivity index (χ2v) is 7.29. The van der Waals surface area contributed by atoms with Gasteiger partial charge in [-0.3, -0.25) is 14.5 Å². The molecule has 0 fully saturated rings. The van der Waals surface area contributed by atoms with Gasteiger partial charge in [-0.15, -0.1) is 0 Å². The Kier molecular flexibility index (Phi) is 5.40. The molecule has 0 saturated heterocycles. The number of nitrogens with zero attached hydrogens (tertiary/aromatic N) is 4. The first-order chi connectivity index (χ1) is 15.0. The minimum Gasteiger partial charge on any atom is -0.498 e. The molecular formula is C24H23N5O2. The van der Waals surface area contributed by atoms with E-state index < -0.39 is 0 Å². The Balaban J connectivity index is 1.93. The van der Waals surface area contributed by atoms with Crippen LogP contribution in [0.1, 0.15) is 28.4 Å². The number of nitrogens with two attached hydrogens (primary N) is 1. The van der Waals surface area contributed by atoms with Gasteiger partial charge in [-0.25, -0.2) is 4.85 Å². The maximum Gasteiger partial charge on any atom is 0.203 e. The van der Waals surface area contributed by atoms with Crippen molar-refractivity contribution in [3.63, 3.8) is 0 Å². The number of hydrogen-bond donors (Lipinski definition) is 1. The second-order valence-electron chi connectivity index (χ2n) is 7.29. The van der Waals surface area contributed by atoms with Crippen LogP contribution in [0, 0.1) is 6.57 Å². The Bertz CT molecular complexity index is 1260. The average molecular weight is 413 g/mol. The molecule has 3 aromatic rings. The lowest BCUT2D eigenvalue weighted by Gasteiger charge is -2.17. The second kappa shape index (κ2) is 8.17. The lowest BCUT2D eigenvalue weighted by Crippen LogP contribution is -2.24. The minimum atomic E-state index is -0.0109. The summed E-state index contributed by atoms with van der Waals surface area (Å²) in [5.41, 5.74) is 12.8. The fourth-order valence-corrected chi connectivity index (χ4v) is 4.14. The van der Waals surface area contributed by atoms with Crippen LogP contribution in [0.25, 0.3) is 27.2 Å². The lowest BCUT2D eigenvalue weighted by atomic mass is 9.91. The number of rotatable bonds is 5. The highest BCUT2D eigenvalue weighted by Crippen LogP contribution is 2.42. The van der Waals surface area contributed by atoms with E-state index in [0.717, 1.165) is 39.2 Å². The van der Waals surface area contributed by atoms with Crippen LogP contribution >= 0.6 is 0 Å². The number of carbonyl (C=O) groups excluding carboxylic acids is 1. The molecule has 1 aliphatic heterocycles. The van der Waals surface area contributed by atoms with Crippen molar-refractivity contribution < 1.29 is 9.53 Å². The number of ketones is 1. The smallest absolute Gasteiger partial charge is 0.203 e. The third kappa shape index (κ3) is 3.31. The monoisotopic (exact) mass is 413 g/mol. The van der Waals surface area contributed by atoms with Crippen molar-refractivity contribution >= 4 is 17.2 Å². The van der Waals surface area contributed by atoms with E-state index in [1.165, 1.54) is 0 Å². The number of benzene rings is 2. The normalized spacial score (nSPS) is 12.9. The van der Waals surface area contributed by atoms with Crippen LogP contribution in [-0.4, -0.2) is 41.5 Å². The molecule has 7 heteroatoms. The van der Waals surface area contributed by atoms with Crippen molar-refractivity contribution in [1.29, 1.82) is 0 Å². The van der Waals surface area contributed by atoms with Crippen molar-refractivity contribution in [1.82, 2.24) is 9.78 Å². The summed E-state index contributed by atoms with van der Waals surface area (Å²) in [6.45, 7) is 10.2. The Labute approximate surface area is 181 Å². The Morgan fingerprint density at radius 2 is 1.97 bits per heavy atom. The first kappa shape index (κ1) is 20.5. The van der Waals surface area contributed by atoms with E-state index in [9.17, 15) is 4.79 Å². The molecule has 0 aliphatic carbocycles. The van der Waals surface area contributed by atoms with Gasteiger partial charge in [-0.2, -0.15) is 5.10 Å². The number of Topliss-reactive ketones (excluding diaryl/α,β-unsaturated/α-hetero) is 1. The number of aromatic nitrogens is 2. The molecule has 2 heterocycles. The fourth-order valence-electron chi connectivity index (χ4n) is 4.14. The number of aliphatic imine (C=N–C) groups is 1. The maximum atomic E-state index is 12.3. The molecule has 31 heavy (non-hydrogen) atoms. The van der Waals surface area contributed by atoms with Crippen LogP contribution in [-0.2, 0) is 13.5 Å². The first-order valence-electron chi connectivity index (χ1n) is 10.0. The van der Waals surface area contributed by atoms with Gasteiger partial charge in [0.15, 0.2) is 5.78 Å². The molecule has 0 bridgehead atoms. The zero-order valence-corrected chi connectivity index (χ0v) is 17.8. The highest BCUT2D eigenvalue weighted by Gasteiger charge is 2.23. The van der Waals surface area contributed by atoms with Crippen molar-refractivity contribution in [2.45, 2.75) is 13.3 Å². The molecule has 2 N–H and O–H groups in total. The zero-order chi connectivity index (χ0) is 22.1. The molecule has 7 nitrogen and oxygen atoms in total. The standard InChI is InChI=1S/C24H23N5O2/c1-5-15-22(31-4)9-8-17(23(15)26-2)24-19(12-28-29(24)3)14-6-7-16-18(10-14)20(11-25)27-13-21(16)30/h6-10,12H,5,11,13,25H2,1,3-4H3. The van der Waals surface area contributed by atoms with Gasteiger partial charge in [0.25, 0.3) is 0 Å². The van der Waals surface area contributed by atoms with E-state index in [1.54, 1.807) is 18.0 Å². The van der Waals surface area contributed by atoms with E-state index in [2.05, 4.69) is 14.9 Å². The topological polar surface area (TPSA) is 86.9 Å². The molecule has 1 aliphatic rings. The van der Waals surface area contributed by atoms with Crippen LogP contribution in [0.15, 0.2) is 41.5 Å². The minimum absolute atomic E-state index is 0.0109. The molecule has 2 aromatic carbocycles. The summed E-state index contributed by atoms with van der Waals surface area (Å²) < 4.78 is 7.24. The molecular weight excluding hydrogens is 390 g/mol. The predicted octanol–water partition coefficient (Wildman–Crippen LogP) is 3.82. The van der Waals surface area contributed by atoms with Crippen molar-refractivity contribution in [2.24, 2.45) is 17.8 Å². The Morgan fingerprint density at radius 1 is 1.19 bits per heavy atom. The summed E-state index contributed by atoms with van der Waals surface area (Å²) >= 11 is 0. The SMILES string of the molecule is [C-]#[N+]c1c(-c2c(-c3ccc4c(c3)C(CN)=NCC4=O)cnn2C)ccc(OC)c1CC. The van der Waals surface area contributed by atoms with Gasteiger partial charge in [0.1, 0.15) is 12.3 Å². The first-order valence-corrected chi connectivity index (χ1v) is 10.0. The van der Waals surface area contributed by atoms with Gasteiger partial charge in [-0.1, -0.05) is 25.1 Å². The molecule has 0 radical (unpaired) electrons. The summed E-state index contributed by atoms with van der Waals surface area (Å²) in [6.07, 6.45) is 2.46. The van der Waals surface area contributed by atoms with Gasteiger partial charge >= 0.3 is 0 Å². The largest absolute Gasteiger partial charge is 0.498 e. The van der Waals surface area contributed by atoms with E-state index in [1.807, 2.05) is 44.3 Å². The highest BCUT2D eigenvalue weighted by molar-refractivity contribution is 6.16. The summed E-state index contributed by atoms with van der Waals surface area (Å²) in [5.74, 6) is 0.695. The molecule has 0 saturated carbocycles. The predicted molar refractivity (Wildman–Crippen MR) is 121 cm³/mol. The summed E-state index contributed by atoms with van der Waals surface area (Å²) in [4.78, 5) is 20.5. The van der Waals surface area contributed by atoms with Gasteiger partial charge in [0.2, 0.25) is 5.69 Å². The third-order valence-corrected chi connectivity index (χ3v) is 5.67. The van der Waals surface area contributed by atoms with Crippen LogP contribution < -0.4 is 10.5 Å².